The van der Waals surface area contributed by atoms with E-state index in [4.69, 9.17) is 15.6 Å². The van der Waals surface area contributed by atoms with E-state index in [2.05, 4.69) is 11.1 Å². The Morgan fingerprint density at radius 2 is 1.97 bits per heavy atom. The number of hydrogen-bond donors (Lipinski definition) is 2. The van der Waals surface area contributed by atoms with Gasteiger partial charge < -0.3 is 15.7 Å². The molecule has 1 aliphatic heterocycles. The number of pyridine rings is 1. The Morgan fingerprint density at radius 3 is 2.50 bits per heavy atom. The van der Waals surface area contributed by atoms with Gasteiger partial charge in [0.05, 0.1) is 5.69 Å². The fourth-order valence-electron chi connectivity index (χ4n) is 3.88. The summed E-state index contributed by atoms with van der Waals surface area (Å²) in [5.74, 6) is 0.252. The largest absolute Gasteiger partial charge is 0.483 e. The first kappa shape index (κ1) is 21.2. The molecular weight excluding hydrogens is 387 g/mol. The summed E-state index contributed by atoms with van der Waals surface area (Å²) < 4.78 is 14.1. The van der Waals surface area contributed by atoms with Crippen LogP contribution in [0.3, 0.4) is 0 Å². The third kappa shape index (κ3) is 3.96. The second-order valence-electron chi connectivity index (χ2n) is 7.60. The summed E-state index contributed by atoms with van der Waals surface area (Å²) in [5, 5.41) is 16.6. The first-order chi connectivity index (χ1) is 14.3. The summed E-state index contributed by atoms with van der Waals surface area (Å²) in [6.45, 7) is 4.19. The van der Waals surface area contributed by atoms with Crippen LogP contribution < -0.4 is 5.73 Å². The number of carbonyl (C=O) groups is 2. The Hall–Kier alpha value is -3.47. The van der Waals surface area contributed by atoms with Crippen LogP contribution in [0.25, 0.3) is 11.1 Å². The number of benzene rings is 1. The van der Waals surface area contributed by atoms with Crippen LogP contribution in [0.5, 0.6) is 0 Å². The first-order valence-corrected chi connectivity index (χ1v) is 9.67. The maximum absolute atomic E-state index is 14.1. The lowest BCUT2D eigenvalue weighted by molar-refractivity contribution is -0.133. The van der Waals surface area contributed by atoms with Gasteiger partial charge in [0.1, 0.15) is 23.3 Å². The number of nitriles is 1. The number of halogens is 1. The Kier molecular flexibility index (Phi) is 6.01. The fraction of sp³-hybridized carbons (Fsp3) is 0.364. The van der Waals surface area contributed by atoms with Gasteiger partial charge in [0.2, 0.25) is 5.91 Å². The Morgan fingerprint density at radius 1 is 1.37 bits per heavy atom. The van der Waals surface area contributed by atoms with E-state index in [-0.39, 0.29) is 29.9 Å². The number of rotatable bonds is 2. The molecule has 156 valence electrons. The number of carbonyl (C=O) groups excluding carboxylic acids is 1. The van der Waals surface area contributed by atoms with E-state index in [0.717, 1.165) is 29.7 Å². The normalized spacial score (nSPS) is 14.8. The zero-order valence-corrected chi connectivity index (χ0v) is 16.9. The fourth-order valence-corrected chi connectivity index (χ4v) is 3.88. The van der Waals surface area contributed by atoms with Gasteiger partial charge in [-0.2, -0.15) is 5.26 Å². The predicted molar refractivity (Wildman–Crippen MR) is 109 cm³/mol. The van der Waals surface area contributed by atoms with Gasteiger partial charge in [-0.1, -0.05) is 0 Å². The van der Waals surface area contributed by atoms with Crippen molar-refractivity contribution in [2.75, 3.05) is 12.3 Å². The van der Waals surface area contributed by atoms with E-state index in [1.165, 1.54) is 0 Å². The minimum absolute atomic E-state index is 0.141. The van der Waals surface area contributed by atoms with Gasteiger partial charge in [-0.15, -0.1) is 0 Å². The highest BCUT2D eigenvalue weighted by Gasteiger charge is 2.36. The molecule has 2 aromatic rings. The van der Waals surface area contributed by atoms with Crippen molar-refractivity contribution in [2.24, 2.45) is 5.92 Å². The summed E-state index contributed by atoms with van der Waals surface area (Å²) >= 11 is 0. The molecule has 1 aromatic carbocycles. The average Bonchev–Trinajstić information content (AvgIpc) is 3.55. The molecule has 0 spiro atoms. The molecule has 8 heteroatoms. The second kappa shape index (κ2) is 8.49. The lowest BCUT2D eigenvalue weighted by Crippen LogP contribution is -2.37. The molecule has 0 bridgehead atoms. The number of aromatic nitrogens is 1. The minimum Gasteiger partial charge on any atom is -0.483 e. The van der Waals surface area contributed by atoms with Crippen molar-refractivity contribution in [2.45, 2.75) is 39.7 Å². The third-order valence-corrected chi connectivity index (χ3v) is 5.45. The quantitative estimate of drug-likeness (QED) is 0.735. The van der Waals surface area contributed by atoms with E-state index in [1.807, 2.05) is 4.90 Å². The Bertz CT molecular complexity index is 1030. The topological polar surface area (TPSA) is 120 Å². The summed E-state index contributed by atoms with van der Waals surface area (Å²) in [6.07, 6.45) is 2.51. The minimum atomic E-state index is -0.251. The van der Waals surface area contributed by atoms with Gasteiger partial charge in [-0.05, 0) is 55.5 Å². The molecule has 3 N–H and O–H groups in total. The van der Waals surface area contributed by atoms with Crippen LogP contribution in [0, 0.1) is 36.9 Å². The molecule has 0 radical (unpaired) electrons. The number of nitrogens with zero attached hydrogens (tertiary/aromatic N) is 3. The third-order valence-electron chi connectivity index (χ3n) is 5.45. The number of nitrogens with two attached hydrogens (primary N) is 1. The molecule has 1 aliphatic carbocycles. The van der Waals surface area contributed by atoms with Crippen molar-refractivity contribution in [1.29, 1.82) is 5.26 Å². The summed E-state index contributed by atoms with van der Waals surface area (Å²) in [7, 11) is 0. The SMILES string of the molecule is Cc1cc(-c2c(C#N)c(N)nc3c2CN(C(=O)C2CC2)CC3)cc(C)c1F.O=CO. The van der Waals surface area contributed by atoms with Crippen molar-refractivity contribution < 1.29 is 19.1 Å². The lowest BCUT2D eigenvalue weighted by Gasteiger charge is -2.31. The molecule has 1 fully saturated rings. The summed E-state index contributed by atoms with van der Waals surface area (Å²) in [6, 6.07) is 5.63. The van der Waals surface area contributed by atoms with Crippen LogP contribution in [0.4, 0.5) is 10.2 Å². The number of carboxylic acid groups (broad SMARTS) is 1. The smallest absolute Gasteiger partial charge is 0.290 e. The zero-order valence-electron chi connectivity index (χ0n) is 16.9. The van der Waals surface area contributed by atoms with E-state index in [0.29, 0.717) is 41.8 Å². The van der Waals surface area contributed by atoms with Gasteiger partial charge in [0, 0.05) is 36.6 Å². The van der Waals surface area contributed by atoms with Crippen molar-refractivity contribution in [3.63, 3.8) is 0 Å². The summed E-state index contributed by atoms with van der Waals surface area (Å²) in [4.78, 5) is 27.2. The van der Waals surface area contributed by atoms with Crippen molar-refractivity contribution >= 4 is 18.2 Å². The molecular formula is C22H23FN4O3. The molecule has 7 nitrogen and oxygen atoms in total. The zero-order chi connectivity index (χ0) is 22.0. The molecule has 1 amide bonds. The number of nitrogen functional groups attached to an aromatic ring is 1. The number of fused-ring (bicyclic) bond motifs is 1. The molecule has 4 rings (SSSR count). The molecule has 2 heterocycles. The van der Waals surface area contributed by atoms with Gasteiger partial charge >= 0.3 is 0 Å². The highest BCUT2D eigenvalue weighted by Crippen LogP contribution is 2.38. The standard InChI is InChI=1S/C21H21FN4O.CH2O2/c1-11-7-14(8-12(2)19(11)22)18-15(9-23)20(24)25-17-5-6-26(10-16(17)18)21(27)13-3-4-13;2-1-3/h7-8,13H,3-6,10H2,1-2H3,(H2,24,25);1H,(H,2,3). The van der Waals surface area contributed by atoms with Crippen LogP contribution >= 0.6 is 0 Å². The number of anilines is 1. The van der Waals surface area contributed by atoms with Crippen LogP contribution in [0.15, 0.2) is 12.1 Å². The van der Waals surface area contributed by atoms with Crippen LogP contribution in [0.2, 0.25) is 0 Å². The molecule has 1 aromatic heterocycles. The number of hydrogen-bond acceptors (Lipinski definition) is 5. The monoisotopic (exact) mass is 410 g/mol. The number of amides is 1. The maximum Gasteiger partial charge on any atom is 0.290 e. The van der Waals surface area contributed by atoms with E-state index >= 15 is 0 Å². The predicted octanol–water partition coefficient (Wildman–Crippen LogP) is 2.95. The molecule has 30 heavy (non-hydrogen) atoms. The van der Waals surface area contributed by atoms with Gasteiger partial charge in [-0.3, -0.25) is 9.59 Å². The van der Waals surface area contributed by atoms with E-state index < -0.39 is 0 Å². The highest BCUT2D eigenvalue weighted by molar-refractivity contribution is 5.84. The molecule has 0 saturated heterocycles. The molecule has 0 unspecified atom stereocenters. The highest BCUT2D eigenvalue weighted by atomic mass is 19.1. The second-order valence-corrected chi connectivity index (χ2v) is 7.60. The van der Waals surface area contributed by atoms with Crippen molar-refractivity contribution in [3.05, 3.63) is 45.9 Å². The average molecular weight is 410 g/mol. The van der Waals surface area contributed by atoms with E-state index in [9.17, 15) is 14.4 Å². The van der Waals surface area contributed by atoms with Gasteiger partial charge in [-0.25, -0.2) is 9.37 Å². The first-order valence-electron chi connectivity index (χ1n) is 9.67. The Balaban J connectivity index is 0.000000806. The molecule has 0 atom stereocenters. The Labute approximate surface area is 173 Å². The van der Waals surface area contributed by atoms with Crippen LogP contribution in [0.1, 0.15) is 40.8 Å². The van der Waals surface area contributed by atoms with Gasteiger partial charge in [0.15, 0.2) is 0 Å². The van der Waals surface area contributed by atoms with Crippen molar-refractivity contribution in [3.8, 4) is 17.2 Å². The van der Waals surface area contributed by atoms with Crippen LogP contribution in [-0.2, 0) is 22.6 Å². The maximum atomic E-state index is 14.1. The number of aryl methyl sites for hydroxylation is 2. The van der Waals surface area contributed by atoms with Gasteiger partial charge in [0.25, 0.3) is 6.47 Å². The lowest BCUT2D eigenvalue weighted by atomic mass is 9.89. The molecule has 2 aliphatic rings. The summed E-state index contributed by atoms with van der Waals surface area (Å²) in [5.41, 5.74) is 10.5. The van der Waals surface area contributed by atoms with Crippen molar-refractivity contribution in [1.82, 2.24) is 9.88 Å². The molecule has 1 saturated carbocycles. The van der Waals surface area contributed by atoms with E-state index in [1.54, 1.807) is 26.0 Å². The van der Waals surface area contributed by atoms with Crippen LogP contribution in [-0.4, -0.2) is 33.9 Å².